The fraction of sp³-hybridized carbons (Fsp3) is 0.150. The van der Waals surface area contributed by atoms with Gasteiger partial charge in [0.25, 0.3) is 0 Å². The summed E-state index contributed by atoms with van der Waals surface area (Å²) < 4.78 is 0. The Hall–Kier alpha value is -2.84. The zero-order chi connectivity index (χ0) is 17.8. The molecule has 25 heavy (non-hydrogen) atoms. The van der Waals surface area contributed by atoms with E-state index in [0.29, 0.717) is 11.3 Å². The standard InChI is InChI=1S/C20H17N3OS/c1-13-11-19(22-18-10-6-4-8-16(13)18)25-14(2)20(24)23-17-9-5-3-7-15(17)12-21/h3-11,14H,1-2H3,(H,23,24). The number of thioether (sulfide) groups is 1. The molecular weight excluding hydrogens is 330 g/mol. The Morgan fingerprint density at radius 3 is 2.72 bits per heavy atom. The van der Waals surface area contributed by atoms with Crippen LogP contribution in [-0.2, 0) is 4.79 Å². The second-order valence-electron chi connectivity index (χ2n) is 5.70. The topological polar surface area (TPSA) is 65.8 Å². The number of aryl methyl sites for hydroxylation is 1. The number of carbonyl (C=O) groups is 1. The molecule has 0 saturated heterocycles. The van der Waals surface area contributed by atoms with Crippen molar-refractivity contribution in [2.24, 2.45) is 0 Å². The molecule has 1 aromatic heterocycles. The lowest BCUT2D eigenvalue weighted by Gasteiger charge is -2.13. The number of nitrogens with one attached hydrogen (secondary N) is 1. The van der Waals surface area contributed by atoms with Crippen LogP contribution in [0.1, 0.15) is 18.1 Å². The summed E-state index contributed by atoms with van der Waals surface area (Å²) in [5, 5.41) is 13.5. The van der Waals surface area contributed by atoms with Crippen LogP contribution in [-0.4, -0.2) is 16.1 Å². The second-order valence-corrected chi connectivity index (χ2v) is 7.06. The predicted molar refractivity (Wildman–Crippen MR) is 102 cm³/mol. The number of carbonyl (C=O) groups excluding carboxylic acids is 1. The number of nitriles is 1. The molecule has 1 unspecified atom stereocenters. The van der Waals surface area contributed by atoms with Crippen LogP contribution in [0.3, 0.4) is 0 Å². The second kappa shape index (κ2) is 7.37. The molecule has 0 bridgehead atoms. The van der Waals surface area contributed by atoms with E-state index >= 15 is 0 Å². The summed E-state index contributed by atoms with van der Waals surface area (Å²) in [5.74, 6) is -0.152. The summed E-state index contributed by atoms with van der Waals surface area (Å²) >= 11 is 1.41. The quantitative estimate of drug-likeness (QED) is 0.704. The number of amides is 1. The van der Waals surface area contributed by atoms with Crippen molar-refractivity contribution in [3.05, 3.63) is 65.7 Å². The van der Waals surface area contributed by atoms with Crippen molar-refractivity contribution in [2.75, 3.05) is 5.32 Å². The molecule has 4 nitrogen and oxygen atoms in total. The monoisotopic (exact) mass is 347 g/mol. The van der Waals surface area contributed by atoms with E-state index in [0.717, 1.165) is 21.5 Å². The Balaban J connectivity index is 1.77. The summed E-state index contributed by atoms with van der Waals surface area (Å²) in [7, 11) is 0. The summed E-state index contributed by atoms with van der Waals surface area (Å²) in [5.41, 5.74) is 3.04. The lowest BCUT2D eigenvalue weighted by atomic mass is 10.1. The lowest BCUT2D eigenvalue weighted by molar-refractivity contribution is -0.115. The summed E-state index contributed by atoms with van der Waals surface area (Å²) in [4.78, 5) is 17.1. The van der Waals surface area contributed by atoms with E-state index < -0.39 is 0 Å². The molecule has 0 radical (unpaired) electrons. The molecule has 0 aliphatic heterocycles. The van der Waals surface area contributed by atoms with Crippen LogP contribution >= 0.6 is 11.8 Å². The zero-order valence-electron chi connectivity index (χ0n) is 14.0. The summed E-state index contributed by atoms with van der Waals surface area (Å²) in [6.07, 6.45) is 0. The number of fused-ring (bicyclic) bond motifs is 1. The minimum Gasteiger partial charge on any atom is -0.324 e. The number of anilines is 1. The van der Waals surface area contributed by atoms with E-state index in [2.05, 4.69) is 16.4 Å². The first-order valence-corrected chi connectivity index (χ1v) is 8.79. The minimum absolute atomic E-state index is 0.152. The van der Waals surface area contributed by atoms with Gasteiger partial charge >= 0.3 is 0 Å². The molecule has 1 heterocycles. The first-order valence-electron chi connectivity index (χ1n) is 7.91. The van der Waals surface area contributed by atoms with Crippen LogP contribution in [0, 0.1) is 18.3 Å². The van der Waals surface area contributed by atoms with Gasteiger partial charge in [0.2, 0.25) is 5.91 Å². The third kappa shape index (κ3) is 3.81. The van der Waals surface area contributed by atoms with Gasteiger partial charge in [-0.05, 0) is 43.7 Å². The van der Waals surface area contributed by atoms with Gasteiger partial charge in [-0.2, -0.15) is 5.26 Å². The van der Waals surface area contributed by atoms with E-state index in [1.165, 1.54) is 11.8 Å². The van der Waals surface area contributed by atoms with Gasteiger partial charge < -0.3 is 5.32 Å². The van der Waals surface area contributed by atoms with Gasteiger partial charge in [-0.25, -0.2) is 4.98 Å². The first kappa shape index (κ1) is 17.0. The van der Waals surface area contributed by atoms with Crippen molar-refractivity contribution in [1.29, 1.82) is 5.26 Å². The largest absolute Gasteiger partial charge is 0.324 e. The molecule has 5 heteroatoms. The van der Waals surface area contributed by atoms with E-state index in [4.69, 9.17) is 5.26 Å². The van der Waals surface area contributed by atoms with Crippen molar-refractivity contribution < 1.29 is 4.79 Å². The summed E-state index contributed by atoms with van der Waals surface area (Å²) in [6, 6.07) is 19.0. The van der Waals surface area contributed by atoms with Crippen molar-refractivity contribution >= 4 is 34.3 Å². The maximum Gasteiger partial charge on any atom is 0.237 e. The van der Waals surface area contributed by atoms with E-state index in [1.807, 2.05) is 44.2 Å². The molecule has 2 aromatic carbocycles. The van der Waals surface area contributed by atoms with Gasteiger partial charge in [0.15, 0.2) is 0 Å². The molecule has 1 N–H and O–H groups in total. The van der Waals surface area contributed by atoms with Crippen LogP contribution < -0.4 is 5.32 Å². The molecule has 0 fully saturated rings. The highest BCUT2D eigenvalue weighted by Gasteiger charge is 2.17. The number of rotatable bonds is 4. The highest BCUT2D eigenvalue weighted by molar-refractivity contribution is 8.00. The van der Waals surface area contributed by atoms with Crippen molar-refractivity contribution in [1.82, 2.24) is 4.98 Å². The van der Waals surface area contributed by atoms with Gasteiger partial charge in [0, 0.05) is 5.39 Å². The van der Waals surface area contributed by atoms with Crippen LogP contribution in [0.4, 0.5) is 5.69 Å². The van der Waals surface area contributed by atoms with Gasteiger partial charge in [0.1, 0.15) is 6.07 Å². The molecule has 3 rings (SSSR count). The SMILES string of the molecule is Cc1cc(SC(C)C(=O)Nc2ccccc2C#N)nc2ccccc12. The molecule has 0 aliphatic rings. The number of pyridine rings is 1. The molecular formula is C20H17N3OS. The Kier molecular flexibility index (Phi) is 5.01. The number of para-hydroxylation sites is 2. The van der Waals surface area contributed by atoms with Gasteiger partial charge in [-0.1, -0.05) is 42.1 Å². The fourth-order valence-electron chi connectivity index (χ4n) is 2.54. The molecule has 0 spiro atoms. The summed E-state index contributed by atoms with van der Waals surface area (Å²) in [6.45, 7) is 3.88. The molecule has 1 atom stereocenters. The zero-order valence-corrected chi connectivity index (χ0v) is 14.8. The average Bonchev–Trinajstić information content (AvgIpc) is 2.62. The Bertz CT molecular complexity index is 978. The molecule has 124 valence electrons. The molecule has 0 saturated carbocycles. The van der Waals surface area contributed by atoms with Crippen LogP contribution in [0.25, 0.3) is 10.9 Å². The lowest BCUT2D eigenvalue weighted by Crippen LogP contribution is -2.23. The van der Waals surface area contributed by atoms with Crippen molar-refractivity contribution in [2.45, 2.75) is 24.1 Å². The van der Waals surface area contributed by atoms with Gasteiger partial charge in [-0.3, -0.25) is 4.79 Å². The van der Waals surface area contributed by atoms with Crippen molar-refractivity contribution in [3.8, 4) is 6.07 Å². The van der Waals surface area contributed by atoms with Crippen molar-refractivity contribution in [3.63, 3.8) is 0 Å². The Morgan fingerprint density at radius 2 is 1.92 bits per heavy atom. The first-order chi connectivity index (χ1) is 12.1. The highest BCUT2D eigenvalue weighted by atomic mass is 32.2. The molecule has 1 amide bonds. The Labute approximate surface area is 150 Å². The van der Waals surface area contributed by atoms with Gasteiger partial charge in [0.05, 0.1) is 27.0 Å². The number of hydrogen-bond donors (Lipinski definition) is 1. The fourth-order valence-corrected chi connectivity index (χ4v) is 3.46. The van der Waals surface area contributed by atoms with Crippen LogP contribution in [0.15, 0.2) is 59.6 Å². The third-order valence-corrected chi connectivity index (χ3v) is 4.89. The maximum atomic E-state index is 12.5. The molecule has 0 aliphatic carbocycles. The van der Waals surface area contributed by atoms with E-state index in [1.54, 1.807) is 24.3 Å². The average molecular weight is 347 g/mol. The number of hydrogen-bond acceptors (Lipinski definition) is 4. The van der Waals surface area contributed by atoms with E-state index in [-0.39, 0.29) is 11.2 Å². The third-order valence-electron chi connectivity index (χ3n) is 3.87. The van der Waals surface area contributed by atoms with Gasteiger partial charge in [-0.15, -0.1) is 0 Å². The predicted octanol–water partition coefficient (Wildman–Crippen LogP) is 4.53. The van der Waals surface area contributed by atoms with Crippen LogP contribution in [0.2, 0.25) is 0 Å². The highest BCUT2D eigenvalue weighted by Crippen LogP contribution is 2.27. The number of aromatic nitrogens is 1. The maximum absolute atomic E-state index is 12.5. The van der Waals surface area contributed by atoms with E-state index in [9.17, 15) is 4.79 Å². The Morgan fingerprint density at radius 1 is 1.20 bits per heavy atom. The number of nitrogens with zero attached hydrogens (tertiary/aromatic N) is 2. The normalized spacial score (nSPS) is 11.7. The van der Waals surface area contributed by atoms with Crippen LogP contribution in [0.5, 0.6) is 0 Å². The smallest absolute Gasteiger partial charge is 0.237 e. The molecule has 3 aromatic rings. The minimum atomic E-state index is -0.334. The number of benzene rings is 2.